The molecule has 0 aliphatic heterocycles. The lowest BCUT2D eigenvalue weighted by molar-refractivity contribution is -0.150. The zero-order valence-corrected chi connectivity index (χ0v) is 15.5. The van der Waals surface area contributed by atoms with Crippen LogP contribution in [0.5, 0.6) is 11.5 Å². The summed E-state index contributed by atoms with van der Waals surface area (Å²) in [6, 6.07) is 13.1. The summed E-state index contributed by atoms with van der Waals surface area (Å²) >= 11 is 0. The van der Waals surface area contributed by atoms with Gasteiger partial charge in [0.15, 0.2) is 24.8 Å². The molecule has 2 aromatic rings. The summed E-state index contributed by atoms with van der Waals surface area (Å²) < 4.78 is 28.6. The largest absolute Gasteiger partial charge is 0.497 e. The molecular weight excluding hydrogens is 365 g/mol. The average Bonchev–Trinajstić information content (AvgIpc) is 3.55. The Morgan fingerprint density at radius 1 is 1.11 bits per heavy atom. The molecule has 148 valence electrons. The number of methoxy groups -OCH3 is 1. The molecule has 1 aliphatic rings. The molecule has 1 aliphatic carbocycles. The highest BCUT2D eigenvalue weighted by Crippen LogP contribution is 2.41. The van der Waals surface area contributed by atoms with Gasteiger partial charge in [-0.2, -0.15) is 0 Å². The second-order valence-corrected chi connectivity index (χ2v) is 6.54. The number of hydrogen-bond acceptors (Lipinski definition) is 5. The number of ether oxygens (including phenoxy) is 3. The van der Waals surface area contributed by atoms with Gasteiger partial charge in [0, 0.05) is 0 Å². The topological polar surface area (TPSA) is 73.9 Å². The first kappa shape index (κ1) is 19.7. The van der Waals surface area contributed by atoms with Crippen LogP contribution in [0.2, 0.25) is 0 Å². The van der Waals surface area contributed by atoms with Crippen molar-refractivity contribution in [2.24, 2.45) is 5.92 Å². The smallest absolute Gasteiger partial charge is 0.344 e. The Labute approximate surface area is 162 Å². The molecule has 0 spiro atoms. The van der Waals surface area contributed by atoms with Crippen molar-refractivity contribution in [3.05, 3.63) is 59.9 Å². The Bertz CT molecular complexity index is 820. The Hall–Kier alpha value is -3.09. The van der Waals surface area contributed by atoms with Gasteiger partial charge >= 0.3 is 5.97 Å². The van der Waals surface area contributed by atoms with Crippen LogP contribution >= 0.6 is 0 Å². The first-order valence-electron chi connectivity index (χ1n) is 9.03. The van der Waals surface area contributed by atoms with Gasteiger partial charge in [-0.15, -0.1) is 0 Å². The highest BCUT2D eigenvalue weighted by Gasteiger charge is 2.33. The molecule has 1 unspecified atom stereocenters. The lowest BCUT2D eigenvalue weighted by Gasteiger charge is -2.19. The van der Waals surface area contributed by atoms with E-state index in [4.69, 9.17) is 14.2 Å². The van der Waals surface area contributed by atoms with E-state index in [2.05, 4.69) is 5.32 Å². The normalized spacial score (nSPS) is 14.1. The van der Waals surface area contributed by atoms with Gasteiger partial charge in [-0.3, -0.25) is 4.79 Å². The molecule has 1 fully saturated rings. The minimum absolute atomic E-state index is 0.0443. The molecule has 1 N–H and O–H groups in total. The average molecular weight is 387 g/mol. The molecule has 0 radical (unpaired) electrons. The molecule has 0 heterocycles. The van der Waals surface area contributed by atoms with Crippen LogP contribution < -0.4 is 14.8 Å². The number of nitrogens with one attached hydrogen (secondary N) is 1. The minimum Gasteiger partial charge on any atom is -0.497 e. The molecule has 28 heavy (non-hydrogen) atoms. The molecule has 7 heteroatoms. The first-order valence-corrected chi connectivity index (χ1v) is 9.03. The Morgan fingerprint density at radius 2 is 1.82 bits per heavy atom. The van der Waals surface area contributed by atoms with Crippen molar-refractivity contribution in [3.63, 3.8) is 0 Å². The van der Waals surface area contributed by atoms with Gasteiger partial charge in [-0.05, 0) is 48.6 Å². The van der Waals surface area contributed by atoms with Crippen molar-refractivity contribution < 1.29 is 28.2 Å². The van der Waals surface area contributed by atoms with E-state index in [0.29, 0.717) is 5.92 Å². The van der Waals surface area contributed by atoms with Crippen molar-refractivity contribution in [3.8, 4) is 11.5 Å². The number of halogens is 1. The van der Waals surface area contributed by atoms with E-state index < -0.39 is 30.9 Å². The van der Waals surface area contributed by atoms with Crippen molar-refractivity contribution in [1.82, 2.24) is 5.32 Å². The van der Waals surface area contributed by atoms with Crippen LogP contribution in [0.3, 0.4) is 0 Å². The molecule has 1 amide bonds. The number of rotatable bonds is 9. The fourth-order valence-corrected chi connectivity index (χ4v) is 2.82. The van der Waals surface area contributed by atoms with Gasteiger partial charge < -0.3 is 19.5 Å². The highest BCUT2D eigenvalue weighted by atomic mass is 19.1. The summed E-state index contributed by atoms with van der Waals surface area (Å²) in [5.74, 6) is -0.638. The number of para-hydroxylation sites is 1. The number of carbonyl (C=O) groups excluding carboxylic acids is 2. The van der Waals surface area contributed by atoms with Crippen LogP contribution in [0.25, 0.3) is 0 Å². The maximum absolute atomic E-state index is 13.4. The predicted octanol–water partition coefficient (Wildman–Crippen LogP) is 3.02. The summed E-state index contributed by atoms with van der Waals surface area (Å²) in [6.07, 6.45) is 2.07. The fourth-order valence-electron chi connectivity index (χ4n) is 2.82. The standard InChI is InChI=1S/C21H22FNO5/c1-26-16-10-8-15(9-11-16)21(14-6-7-14)23-19(24)12-28-20(25)13-27-18-5-3-2-4-17(18)22/h2-5,8-11,14,21H,6-7,12-13H2,1H3,(H,23,24). The third-order valence-corrected chi connectivity index (χ3v) is 4.43. The van der Waals surface area contributed by atoms with Crippen LogP contribution in [-0.4, -0.2) is 32.2 Å². The van der Waals surface area contributed by atoms with E-state index in [1.165, 1.54) is 18.2 Å². The monoisotopic (exact) mass is 387 g/mol. The van der Waals surface area contributed by atoms with Gasteiger partial charge in [-0.25, -0.2) is 9.18 Å². The first-order chi connectivity index (χ1) is 13.6. The zero-order valence-electron chi connectivity index (χ0n) is 15.5. The number of esters is 1. The second-order valence-electron chi connectivity index (χ2n) is 6.54. The lowest BCUT2D eigenvalue weighted by Crippen LogP contribution is -2.34. The fraction of sp³-hybridized carbons (Fsp3) is 0.333. The van der Waals surface area contributed by atoms with E-state index in [0.717, 1.165) is 24.2 Å². The number of carbonyl (C=O) groups is 2. The van der Waals surface area contributed by atoms with E-state index in [1.54, 1.807) is 13.2 Å². The van der Waals surface area contributed by atoms with Crippen molar-refractivity contribution >= 4 is 11.9 Å². The number of hydrogen-bond donors (Lipinski definition) is 1. The zero-order chi connectivity index (χ0) is 19.9. The van der Waals surface area contributed by atoms with Crippen LogP contribution in [0.1, 0.15) is 24.4 Å². The third kappa shape index (κ3) is 5.45. The summed E-state index contributed by atoms with van der Waals surface area (Å²) in [5.41, 5.74) is 0.978. The molecule has 6 nitrogen and oxygen atoms in total. The molecular formula is C21H22FNO5. The molecule has 3 rings (SSSR count). The molecule has 2 aromatic carbocycles. The lowest BCUT2D eigenvalue weighted by atomic mass is 10.0. The quantitative estimate of drug-likeness (QED) is 0.670. The van der Waals surface area contributed by atoms with Crippen molar-refractivity contribution in [2.75, 3.05) is 20.3 Å². The maximum Gasteiger partial charge on any atom is 0.344 e. The van der Waals surface area contributed by atoms with Gasteiger partial charge in [0.1, 0.15) is 5.75 Å². The van der Waals surface area contributed by atoms with Crippen LogP contribution in [-0.2, 0) is 14.3 Å². The maximum atomic E-state index is 13.4. The predicted molar refractivity (Wildman–Crippen MR) is 99.5 cm³/mol. The molecule has 0 saturated heterocycles. The number of benzene rings is 2. The van der Waals surface area contributed by atoms with Crippen LogP contribution in [0.15, 0.2) is 48.5 Å². The van der Waals surface area contributed by atoms with Gasteiger partial charge in [-0.1, -0.05) is 24.3 Å². The second kappa shape index (κ2) is 9.21. The van der Waals surface area contributed by atoms with Crippen LogP contribution in [0, 0.1) is 11.7 Å². The molecule has 1 atom stereocenters. The van der Waals surface area contributed by atoms with E-state index in [9.17, 15) is 14.0 Å². The van der Waals surface area contributed by atoms with Gasteiger partial charge in [0.25, 0.3) is 5.91 Å². The van der Waals surface area contributed by atoms with E-state index >= 15 is 0 Å². The third-order valence-electron chi connectivity index (χ3n) is 4.43. The number of amides is 1. The summed E-state index contributed by atoms with van der Waals surface area (Å²) in [5, 5.41) is 2.91. The van der Waals surface area contributed by atoms with E-state index in [-0.39, 0.29) is 11.8 Å². The summed E-state index contributed by atoms with van der Waals surface area (Å²) in [7, 11) is 1.60. The van der Waals surface area contributed by atoms with Crippen molar-refractivity contribution in [2.45, 2.75) is 18.9 Å². The molecule has 0 bridgehead atoms. The summed E-state index contributed by atoms with van der Waals surface area (Å²) in [6.45, 7) is -0.891. The van der Waals surface area contributed by atoms with Crippen molar-refractivity contribution in [1.29, 1.82) is 0 Å². The SMILES string of the molecule is COc1ccc(C(NC(=O)COC(=O)COc2ccccc2F)C2CC2)cc1. The van der Waals surface area contributed by atoms with Crippen LogP contribution in [0.4, 0.5) is 4.39 Å². The molecule has 0 aromatic heterocycles. The molecule has 1 saturated carbocycles. The Kier molecular flexibility index (Phi) is 6.47. The Morgan fingerprint density at radius 3 is 2.46 bits per heavy atom. The Balaban J connectivity index is 1.46. The van der Waals surface area contributed by atoms with E-state index in [1.807, 2.05) is 24.3 Å². The van der Waals surface area contributed by atoms with Gasteiger partial charge in [0.05, 0.1) is 13.2 Å². The van der Waals surface area contributed by atoms with Gasteiger partial charge in [0.2, 0.25) is 0 Å². The summed E-state index contributed by atoms with van der Waals surface area (Å²) in [4.78, 5) is 23.9. The minimum atomic E-state index is -0.745. The highest BCUT2D eigenvalue weighted by molar-refractivity contribution is 5.81.